The molecule has 1 aromatic rings. The quantitative estimate of drug-likeness (QED) is 0.412. The molecule has 0 aromatic heterocycles. The molecular formula is C15H19IN2O3. The highest BCUT2D eigenvalue weighted by Gasteiger charge is 2.14. The smallest absolute Gasteiger partial charge is 0.320 e. The Hall–Kier alpha value is -1.41. The molecule has 5 nitrogen and oxygen atoms in total. The monoisotopic (exact) mass is 402 g/mol. The van der Waals surface area contributed by atoms with Crippen LogP contribution in [0, 0.1) is 3.57 Å². The van der Waals surface area contributed by atoms with Crippen molar-refractivity contribution in [3.63, 3.8) is 0 Å². The molecule has 0 aliphatic carbocycles. The average molecular weight is 402 g/mol. The predicted octanol–water partition coefficient (Wildman–Crippen LogP) is 2.28. The maximum absolute atomic E-state index is 12.0. The maximum Gasteiger partial charge on any atom is 0.320 e. The molecule has 0 saturated heterocycles. The molecule has 0 aliphatic heterocycles. The van der Waals surface area contributed by atoms with Crippen molar-refractivity contribution in [2.45, 2.75) is 6.92 Å². The zero-order valence-electron chi connectivity index (χ0n) is 12.0. The van der Waals surface area contributed by atoms with Gasteiger partial charge < -0.3 is 10.1 Å². The summed E-state index contributed by atoms with van der Waals surface area (Å²) in [5, 5.41) is 2.83. The van der Waals surface area contributed by atoms with E-state index in [1.165, 1.54) is 0 Å². The topological polar surface area (TPSA) is 58.6 Å². The molecule has 0 atom stereocenters. The molecule has 0 aliphatic rings. The highest BCUT2D eigenvalue weighted by Crippen LogP contribution is 2.16. The van der Waals surface area contributed by atoms with Gasteiger partial charge in [0, 0.05) is 10.1 Å². The van der Waals surface area contributed by atoms with Gasteiger partial charge in [0.05, 0.1) is 25.4 Å². The van der Waals surface area contributed by atoms with E-state index in [4.69, 9.17) is 4.74 Å². The summed E-state index contributed by atoms with van der Waals surface area (Å²) in [6.07, 6.45) is 1.65. The molecule has 0 spiro atoms. The van der Waals surface area contributed by atoms with Crippen molar-refractivity contribution in [2.24, 2.45) is 0 Å². The lowest BCUT2D eigenvalue weighted by Crippen LogP contribution is -2.37. The Morgan fingerprint density at radius 2 is 2.10 bits per heavy atom. The third-order valence-electron chi connectivity index (χ3n) is 2.56. The van der Waals surface area contributed by atoms with Crippen LogP contribution in [0.15, 0.2) is 36.9 Å². The first-order valence-corrected chi connectivity index (χ1v) is 7.68. The fourth-order valence-corrected chi connectivity index (χ4v) is 2.23. The Morgan fingerprint density at radius 1 is 1.38 bits per heavy atom. The van der Waals surface area contributed by atoms with E-state index in [9.17, 15) is 9.59 Å². The molecule has 1 amide bonds. The van der Waals surface area contributed by atoms with Gasteiger partial charge in [-0.3, -0.25) is 14.5 Å². The van der Waals surface area contributed by atoms with Crippen LogP contribution >= 0.6 is 22.6 Å². The number of carbonyl (C=O) groups is 2. The summed E-state index contributed by atoms with van der Waals surface area (Å²) in [6.45, 7) is 6.33. The van der Waals surface area contributed by atoms with Crippen LogP contribution in [0.2, 0.25) is 0 Å². The largest absolute Gasteiger partial charge is 0.465 e. The Bertz CT molecular complexity index is 505. The number of esters is 1. The van der Waals surface area contributed by atoms with Crippen molar-refractivity contribution in [1.82, 2.24) is 4.90 Å². The van der Waals surface area contributed by atoms with E-state index in [-0.39, 0.29) is 25.0 Å². The summed E-state index contributed by atoms with van der Waals surface area (Å²) in [7, 11) is 0. The van der Waals surface area contributed by atoms with Gasteiger partial charge in [0.2, 0.25) is 5.91 Å². The minimum absolute atomic E-state index is 0.0686. The van der Waals surface area contributed by atoms with Crippen LogP contribution < -0.4 is 5.32 Å². The van der Waals surface area contributed by atoms with E-state index in [0.29, 0.717) is 13.2 Å². The van der Waals surface area contributed by atoms with Gasteiger partial charge >= 0.3 is 5.97 Å². The fraction of sp³-hybridized carbons (Fsp3) is 0.333. The number of nitrogens with one attached hydrogen (secondary N) is 1. The standard InChI is InChI=1S/C15H19IN2O3/c1-3-9-18(11-15(20)21-4-2)10-14(19)17-13-8-6-5-7-12(13)16/h3,5-8H,1,4,9-11H2,2H3,(H,17,19). The number of para-hydroxylation sites is 1. The van der Waals surface area contributed by atoms with Crippen LogP contribution in [0.3, 0.4) is 0 Å². The minimum Gasteiger partial charge on any atom is -0.465 e. The number of rotatable bonds is 8. The highest BCUT2D eigenvalue weighted by atomic mass is 127. The van der Waals surface area contributed by atoms with Gasteiger partial charge in [-0.2, -0.15) is 0 Å². The zero-order chi connectivity index (χ0) is 15.7. The Kier molecular flexibility index (Phi) is 7.99. The van der Waals surface area contributed by atoms with E-state index >= 15 is 0 Å². The van der Waals surface area contributed by atoms with E-state index in [0.717, 1.165) is 9.26 Å². The van der Waals surface area contributed by atoms with E-state index in [1.54, 1.807) is 17.9 Å². The van der Waals surface area contributed by atoms with Gasteiger partial charge in [-0.1, -0.05) is 18.2 Å². The van der Waals surface area contributed by atoms with Crippen LogP contribution in [0.4, 0.5) is 5.69 Å². The van der Waals surface area contributed by atoms with Crippen molar-refractivity contribution in [2.75, 3.05) is 31.6 Å². The summed E-state index contributed by atoms with van der Waals surface area (Å²) in [4.78, 5) is 25.2. The van der Waals surface area contributed by atoms with E-state index < -0.39 is 0 Å². The third kappa shape index (κ3) is 6.72. The minimum atomic E-state index is -0.346. The van der Waals surface area contributed by atoms with Crippen molar-refractivity contribution < 1.29 is 14.3 Å². The molecule has 6 heteroatoms. The van der Waals surface area contributed by atoms with Crippen LogP contribution in [-0.2, 0) is 14.3 Å². The van der Waals surface area contributed by atoms with Gasteiger partial charge in [0.15, 0.2) is 0 Å². The number of anilines is 1. The van der Waals surface area contributed by atoms with Gasteiger partial charge in [-0.15, -0.1) is 6.58 Å². The van der Waals surface area contributed by atoms with E-state index in [1.807, 2.05) is 24.3 Å². The highest BCUT2D eigenvalue weighted by molar-refractivity contribution is 14.1. The molecule has 0 heterocycles. The lowest BCUT2D eigenvalue weighted by atomic mass is 10.3. The lowest BCUT2D eigenvalue weighted by molar-refractivity contribution is -0.144. The van der Waals surface area contributed by atoms with Crippen molar-refractivity contribution in [3.8, 4) is 0 Å². The van der Waals surface area contributed by atoms with Crippen LogP contribution in [-0.4, -0.2) is 43.0 Å². The van der Waals surface area contributed by atoms with Crippen molar-refractivity contribution in [1.29, 1.82) is 0 Å². The molecule has 114 valence electrons. The maximum atomic E-state index is 12.0. The number of amides is 1. The number of hydrogen-bond acceptors (Lipinski definition) is 4. The number of benzene rings is 1. The molecular weight excluding hydrogens is 383 g/mol. The number of ether oxygens (including phenoxy) is 1. The van der Waals surface area contributed by atoms with Gasteiger partial charge in [-0.05, 0) is 41.6 Å². The van der Waals surface area contributed by atoms with Gasteiger partial charge in [0.25, 0.3) is 0 Å². The number of halogens is 1. The fourth-order valence-electron chi connectivity index (χ4n) is 1.71. The molecule has 0 bridgehead atoms. The molecule has 1 rings (SSSR count). The van der Waals surface area contributed by atoms with Crippen LogP contribution in [0.5, 0.6) is 0 Å². The average Bonchev–Trinajstić information content (AvgIpc) is 2.41. The third-order valence-corrected chi connectivity index (χ3v) is 3.50. The SMILES string of the molecule is C=CCN(CC(=O)Nc1ccccc1I)CC(=O)OCC. The molecule has 0 fully saturated rings. The Labute approximate surface area is 138 Å². The first-order chi connectivity index (χ1) is 10.1. The van der Waals surface area contributed by atoms with Crippen molar-refractivity contribution >= 4 is 40.2 Å². The Morgan fingerprint density at radius 3 is 2.71 bits per heavy atom. The van der Waals surface area contributed by atoms with Crippen molar-refractivity contribution in [3.05, 3.63) is 40.5 Å². The lowest BCUT2D eigenvalue weighted by Gasteiger charge is -2.19. The number of nitrogens with zero attached hydrogens (tertiary/aromatic N) is 1. The van der Waals surface area contributed by atoms with E-state index in [2.05, 4.69) is 34.5 Å². The summed E-state index contributed by atoms with van der Waals surface area (Å²) in [5.74, 6) is -0.522. The zero-order valence-corrected chi connectivity index (χ0v) is 14.1. The summed E-state index contributed by atoms with van der Waals surface area (Å²) >= 11 is 2.16. The van der Waals surface area contributed by atoms with Gasteiger partial charge in [-0.25, -0.2) is 0 Å². The van der Waals surface area contributed by atoms with Crippen LogP contribution in [0.1, 0.15) is 6.92 Å². The van der Waals surface area contributed by atoms with Crippen LogP contribution in [0.25, 0.3) is 0 Å². The number of hydrogen-bond donors (Lipinski definition) is 1. The summed E-state index contributed by atoms with van der Waals surface area (Å²) < 4.78 is 5.85. The second-order valence-electron chi connectivity index (χ2n) is 4.29. The molecule has 0 saturated carbocycles. The normalized spacial score (nSPS) is 10.2. The first kappa shape index (κ1) is 17.6. The number of carbonyl (C=O) groups excluding carboxylic acids is 2. The summed E-state index contributed by atoms with van der Waals surface area (Å²) in [6, 6.07) is 7.51. The Balaban J connectivity index is 2.58. The first-order valence-electron chi connectivity index (χ1n) is 6.60. The summed E-state index contributed by atoms with van der Waals surface area (Å²) in [5.41, 5.74) is 0.762. The molecule has 1 aromatic carbocycles. The molecule has 0 radical (unpaired) electrons. The second kappa shape index (κ2) is 9.51. The molecule has 21 heavy (non-hydrogen) atoms. The predicted molar refractivity (Wildman–Crippen MR) is 91.1 cm³/mol. The second-order valence-corrected chi connectivity index (χ2v) is 5.45. The molecule has 0 unspecified atom stereocenters. The van der Waals surface area contributed by atoms with Gasteiger partial charge in [0.1, 0.15) is 0 Å². The molecule has 1 N–H and O–H groups in total.